The van der Waals surface area contributed by atoms with Gasteiger partial charge in [-0.3, -0.25) is 9.59 Å². The van der Waals surface area contributed by atoms with Crippen molar-refractivity contribution in [2.24, 2.45) is 0 Å². The summed E-state index contributed by atoms with van der Waals surface area (Å²) in [5, 5.41) is 5.25. The molecular weight excluding hydrogens is 236 g/mol. The van der Waals surface area contributed by atoms with Crippen molar-refractivity contribution in [1.82, 2.24) is 10.6 Å². The van der Waals surface area contributed by atoms with E-state index in [1.54, 1.807) is 6.92 Å². The summed E-state index contributed by atoms with van der Waals surface area (Å²) < 4.78 is 4.71. The molecule has 1 aliphatic rings. The Hall–Kier alpha value is -1.59. The number of ether oxygens (including phenoxy) is 1. The number of hydrogen-bond acceptors (Lipinski definition) is 4. The molecule has 0 aromatic heterocycles. The Bertz CT molecular complexity index is 356. The molecule has 0 saturated carbocycles. The summed E-state index contributed by atoms with van der Waals surface area (Å²) in [6.45, 7) is 3.56. The first-order valence-corrected chi connectivity index (χ1v) is 6.12. The van der Waals surface area contributed by atoms with Crippen molar-refractivity contribution in [3.05, 3.63) is 0 Å². The summed E-state index contributed by atoms with van der Waals surface area (Å²) in [6, 6.07) is -0.543. The van der Waals surface area contributed by atoms with Crippen molar-refractivity contribution < 1.29 is 19.1 Å². The molecule has 1 fully saturated rings. The van der Waals surface area contributed by atoms with Crippen LogP contribution >= 0.6 is 0 Å². The first-order valence-electron chi connectivity index (χ1n) is 6.12. The van der Waals surface area contributed by atoms with Crippen LogP contribution in [0.5, 0.6) is 0 Å². The zero-order valence-electron chi connectivity index (χ0n) is 11.0. The summed E-state index contributed by atoms with van der Waals surface area (Å²) >= 11 is 0. The van der Waals surface area contributed by atoms with Crippen LogP contribution in [0.3, 0.4) is 0 Å². The van der Waals surface area contributed by atoms with Gasteiger partial charge in [-0.2, -0.15) is 0 Å². The minimum Gasteiger partial charge on any atom is -0.467 e. The summed E-state index contributed by atoms with van der Waals surface area (Å²) in [5.74, 6) is -0.936. The zero-order chi connectivity index (χ0) is 13.8. The summed E-state index contributed by atoms with van der Waals surface area (Å²) in [7, 11) is 1.29. The number of methoxy groups -OCH3 is 1. The van der Waals surface area contributed by atoms with Crippen LogP contribution in [0.25, 0.3) is 0 Å². The van der Waals surface area contributed by atoms with Gasteiger partial charge in [-0.1, -0.05) is 13.3 Å². The molecule has 0 aromatic rings. The van der Waals surface area contributed by atoms with Gasteiger partial charge in [0.15, 0.2) is 0 Å². The molecule has 6 nitrogen and oxygen atoms in total. The average Bonchev–Trinajstić information content (AvgIpc) is 2.75. The third-order valence-electron chi connectivity index (χ3n) is 3.10. The number of hydrogen-bond donors (Lipinski definition) is 2. The predicted molar refractivity (Wildman–Crippen MR) is 64.6 cm³/mol. The van der Waals surface area contributed by atoms with Gasteiger partial charge in [0.2, 0.25) is 11.8 Å². The maximum absolute atomic E-state index is 12.0. The fourth-order valence-corrected chi connectivity index (χ4v) is 2.11. The van der Waals surface area contributed by atoms with Gasteiger partial charge in [0.05, 0.1) is 7.11 Å². The molecule has 1 saturated heterocycles. The molecule has 2 atom stereocenters. The normalized spacial score (nSPS) is 21.9. The van der Waals surface area contributed by atoms with E-state index in [-0.39, 0.29) is 11.8 Å². The smallest absolute Gasteiger partial charge is 0.331 e. The maximum Gasteiger partial charge on any atom is 0.331 e. The highest BCUT2D eigenvalue weighted by atomic mass is 16.5. The van der Waals surface area contributed by atoms with Crippen molar-refractivity contribution in [2.45, 2.75) is 51.1 Å². The highest BCUT2D eigenvalue weighted by Crippen LogP contribution is 2.16. The quantitative estimate of drug-likeness (QED) is 0.684. The van der Waals surface area contributed by atoms with Gasteiger partial charge in [-0.15, -0.1) is 0 Å². The van der Waals surface area contributed by atoms with Gasteiger partial charge >= 0.3 is 5.97 Å². The van der Waals surface area contributed by atoms with Crippen LogP contribution in [0.4, 0.5) is 0 Å². The number of rotatable bonds is 5. The third kappa shape index (κ3) is 3.21. The van der Waals surface area contributed by atoms with E-state index in [2.05, 4.69) is 10.6 Å². The molecule has 1 aliphatic heterocycles. The Morgan fingerprint density at radius 2 is 2.22 bits per heavy atom. The molecule has 1 rings (SSSR count). The number of carbonyl (C=O) groups is 3. The van der Waals surface area contributed by atoms with E-state index < -0.39 is 17.6 Å². The number of carbonyl (C=O) groups excluding carboxylic acids is 3. The van der Waals surface area contributed by atoms with E-state index in [4.69, 9.17) is 4.74 Å². The Balaban J connectivity index is 2.68. The van der Waals surface area contributed by atoms with Crippen LogP contribution in [0, 0.1) is 0 Å². The predicted octanol–water partition coefficient (Wildman–Crippen LogP) is 0.113. The second kappa shape index (κ2) is 5.84. The molecule has 6 heteroatoms. The molecule has 18 heavy (non-hydrogen) atoms. The van der Waals surface area contributed by atoms with Crippen molar-refractivity contribution in [3.8, 4) is 0 Å². The van der Waals surface area contributed by atoms with E-state index in [9.17, 15) is 14.4 Å². The molecule has 0 radical (unpaired) electrons. The summed E-state index contributed by atoms with van der Waals surface area (Å²) in [6.07, 6.45) is 2.05. The molecule has 2 unspecified atom stereocenters. The molecule has 0 bridgehead atoms. The molecular formula is C12H20N2O4. The van der Waals surface area contributed by atoms with Crippen LogP contribution in [-0.4, -0.2) is 36.5 Å². The summed E-state index contributed by atoms with van der Waals surface area (Å²) in [4.78, 5) is 34.7. The Morgan fingerprint density at radius 3 is 2.67 bits per heavy atom. The SMILES string of the molecule is CCCC(C)(NC(=O)C1CCC(=O)N1)C(=O)OC. The highest BCUT2D eigenvalue weighted by molar-refractivity contribution is 5.94. The fraction of sp³-hybridized carbons (Fsp3) is 0.750. The Labute approximate surface area is 106 Å². The van der Waals surface area contributed by atoms with Crippen molar-refractivity contribution >= 4 is 17.8 Å². The van der Waals surface area contributed by atoms with E-state index in [0.717, 1.165) is 6.42 Å². The van der Waals surface area contributed by atoms with Gasteiger partial charge in [0.25, 0.3) is 0 Å². The van der Waals surface area contributed by atoms with Gasteiger partial charge in [0.1, 0.15) is 11.6 Å². The Morgan fingerprint density at radius 1 is 1.56 bits per heavy atom. The van der Waals surface area contributed by atoms with Crippen LogP contribution < -0.4 is 10.6 Å². The lowest BCUT2D eigenvalue weighted by Crippen LogP contribution is -2.56. The van der Waals surface area contributed by atoms with Gasteiger partial charge in [-0.05, 0) is 19.8 Å². The molecule has 1 heterocycles. The van der Waals surface area contributed by atoms with E-state index in [1.807, 2.05) is 6.92 Å². The number of nitrogens with one attached hydrogen (secondary N) is 2. The minimum atomic E-state index is -1.03. The van der Waals surface area contributed by atoms with E-state index in [0.29, 0.717) is 19.3 Å². The van der Waals surface area contributed by atoms with Crippen LogP contribution in [0.15, 0.2) is 0 Å². The third-order valence-corrected chi connectivity index (χ3v) is 3.10. The maximum atomic E-state index is 12.0. The lowest BCUT2D eigenvalue weighted by atomic mass is 9.95. The van der Waals surface area contributed by atoms with E-state index in [1.165, 1.54) is 7.11 Å². The van der Waals surface area contributed by atoms with Gasteiger partial charge < -0.3 is 15.4 Å². The molecule has 2 N–H and O–H groups in total. The first-order chi connectivity index (χ1) is 8.42. The van der Waals surface area contributed by atoms with Gasteiger partial charge in [-0.25, -0.2) is 4.79 Å². The monoisotopic (exact) mass is 256 g/mol. The second-order valence-electron chi connectivity index (χ2n) is 4.72. The molecule has 0 aliphatic carbocycles. The average molecular weight is 256 g/mol. The molecule has 0 spiro atoms. The van der Waals surface area contributed by atoms with Crippen molar-refractivity contribution in [3.63, 3.8) is 0 Å². The van der Waals surface area contributed by atoms with Gasteiger partial charge in [0, 0.05) is 6.42 Å². The van der Waals surface area contributed by atoms with Crippen LogP contribution in [-0.2, 0) is 19.1 Å². The first kappa shape index (κ1) is 14.5. The fourth-order valence-electron chi connectivity index (χ4n) is 2.11. The van der Waals surface area contributed by atoms with E-state index >= 15 is 0 Å². The number of esters is 1. The Kier molecular flexibility index (Phi) is 4.69. The van der Waals surface area contributed by atoms with Crippen LogP contribution in [0.1, 0.15) is 39.5 Å². The van der Waals surface area contributed by atoms with Crippen LogP contribution in [0.2, 0.25) is 0 Å². The second-order valence-corrected chi connectivity index (χ2v) is 4.72. The summed E-state index contributed by atoms with van der Waals surface area (Å²) in [5.41, 5.74) is -1.03. The standard InChI is InChI=1S/C12H20N2O4/c1-4-7-12(2,11(17)18-3)14-10(16)8-5-6-9(15)13-8/h8H,4-7H2,1-3H3,(H,13,15)(H,14,16). The largest absolute Gasteiger partial charge is 0.467 e. The minimum absolute atomic E-state index is 0.134. The lowest BCUT2D eigenvalue weighted by Gasteiger charge is -2.28. The topological polar surface area (TPSA) is 84.5 Å². The lowest BCUT2D eigenvalue weighted by molar-refractivity contribution is -0.150. The highest BCUT2D eigenvalue weighted by Gasteiger charge is 2.38. The molecule has 102 valence electrons. The van der Waals surface area contributed by atoms with Crippen molar-refractivity contribution in [1.29, 1.82) is 0 Å². The molecule has 0 aromatic carbocycles. The zero-order valence-corrected chi connectivity index (χ0v) is 11.0. The van der Waals surface area contributed by atoms with Crippen molar-refractivity contribution in [2.75, 3.05) is 7.11 Å². The molecule has 2 amide bonds. The number of amides is 2.